The van der Waals surface area contributed by atoms with Gasteiger partial charge < -0.3 is 14.4 Å². The SMILES string of the molecule is COC1CN(C(=O)c2cc([N+](=O)[O-])ccc2Cl)CC1OC. The Bertz CT molecular complexity index is 553. The van der Waals surface area contributed by atoms with Crippen LogP contribution in [0, 0.1) is 10.1 Å². The molecule has 21 heavy (non-hydrogen) atoms. The molecule has 0 spiro atoms. The predicted octanol–water partition coefficient (Wildman–Crippen LogP) is 1.73. The summed E-state index contributed by atoms with van der Waals surface area (Å²) in [5, 5.41) is 11.0. The van der Waals surface area contributed by atoms with Crippen molar-refractivity contribution in [3.63, 3.8) is 0 Å². The van der Waals surface area contributed by atoms with Crippen molar-refractivity contribution in [1.29, 1.82) is 0 Å². The molecule has 1 aliphatic rings. The number of benzene rings is 1. The molecule has 7 nitrogen and oxygen atoms in total. The first-order valence-corrected chi connectivity index (χ1v) is 6.64. The summed E-state index contributed by atoms with van der Waals surface area (Å²) in [6.07, 6.45) is -0.451. The molecule has 0 aromatic heterocycles. The van der Waals surface area contributed by atoms with Crippen molar-refractivity contribution < 1.29 is 19.2 Å². The first-order valence-electron chi connectivity index (χ1n) is 6.26. The second-order valence-corrected chi connectivity index (χ2v) is 5.09. The van der Waals surface area contributed by atoms with Gasteiger partial charge in [0.05, 0.1) is 15.5 Å². The summed E-state index contributed by atoms with van der Waals surface area (Å²) in [6.45, 7) is 0.708. The smallest absolute Gasteiger partial charge is 0.270 e. The first kappa shape index (κ1) is 15.7. The van der Waals surface area contributed by atoms with Gasteiger partial charge in [-0.2, -0.15) is 0 Å². The van der Waals surface area contributed by atoms with E-state index in [0.717, 1.165) is 0 Å². The minimum absolute atomic E-state index is 0.109. The van der Waals surface area contributed by atoms with Crippen LogP contribution in [0.3, 0.4) is 0 Å². The topological polar surface area (TPSA) is 81.9 Å². The van der Waals surface area contributed by atoms with Crippen LogP contribution in [-0.2, 0) is 9.47 Å². The molecule has 1 aliphatic heterocycles. The van der Waals surface area contributed by atoms with Crippen molar-refractivity contribution in [2.75, 3.05) is 27.3 Å². The zero-order valence-corrected chi connectivity index (χ0v) is 12.4. The fraction of sp³-hybridized carbons (Fsp3) is 0.462. The zero-order valence-electron chi connectivity index (χ0n) is 11.6. The molecule has 1 amide bonds. The molecular formula is C13H15ClN2O5. The molecule has 0 bridgehead atoms. The predicted molar refractivity (Wildman–Crippen MR) is 75.6 cm³/mol. The van der Waals surface area contributed by atoms with Gasteiger partial charge in [0.2, 0.25) is 0 Å². The van der Waals surface area contributed by atoms with Gasteiger partial charge in [-0.25, -0.2) is 0 Å². The Balaban J connectivity index is 2.25. The van der Waals surface area contributed by atoms with E-state index in [4.69, 9.17) is 21.1 Å². The van der Waals surface area contributed by atoms with Gasteiger partial charge in [0.15, 0.2) is 0 Å². The third-order valence-corrected chi connectivity index (χ3v) is 3.83. The Morgan fingerprint density at radius 2 is 1.90 bits per heavy atom. The van der Waals surface area contributed by atoms with E-state index >= 15 is 0 Å². The minimum Gasteiger partial charge on any atom is -0.377 e. The molecule has 1 aromatic carbocycles. The van der Waals surface area contributed by atoms with Crippen LogP contribution in [0.15, 0.2) is 18.2 Å². The van der Waals surface area contributed by atoms with E-state index in [-0.39, 0.29) is 34.4 Å². The zero-order chi connectivity index (χ0) is 15.6. The van der Waals surface area contributed by atoms with Crippen LogP contribution in [0.2, 0.25) is 5.02 Å². The molecule has 2 atom stereocenters. The summed E-state index contributed by atoms with van der Waals surface area (Å²) in [6, 6.07) is 3.80. The van der Waals surface area contributed by atoms with Crippen LogP contribution >= 0.6 is 11.6 Å². The molecule has 1 heterocycles. The highest BCUT2D eigenvalue weighted by Gasteiger charge is 2.36. The van der Waals surface area contributed by atoms with Crippen molar-refractivity contribution in [3.8, 4) is 0 Å². The molecule has 0 radical (unpaired) electrons. The summed E-state index contributed by atoms with van der Waals surface area (Å²) in [4.78, 5) is 24.2. The van der Waals surface area contributed by atoms with Crippen LogP contribution in [0.5, 0.6) is 0 Å². The minimum atomic E-state index is -0.562. The average Bonchev–Trinajstić information content (AvgIpc) is 2.90. The van der Waals surface area contributed by atoms with Gasteiger partial charge in [-0.15, -0.1) is 0 Å². The summed E-state index contributed by atoms with van der Waals surface area (Å²) >= 11 is 5.98. The highest BCUT2D eigenvalue weighted by Crippen LogP contribution is 2.25. The second kappa shape index (κ2) is 6.38. The maximum absolute atomic E-state index is 12.5. The summed E-state index contributed by atoms with van der Waals surface area (Å²) in [5.74, 6) is -0.370. The molecular weight excluding hydrogens is 300 g/mol. The van der Waals surface area contributed by atoms with Crippen molar-refractivity contribution in [3.05, 3.63) is 38.9 Å². The summed E-state index contributed by atoms with van der Waals surface area (Å²) < 4.78 is 10.5. The lowest BCUT2D eigenvalue weighted by Gasteiger charge is -2.16. The Kier molecular flexibility index (Phi) is 4.76. The first-order chi connectivity index (χ1) is 9.97. The third kappa shape index (κ3) is 3.15. The van der Waals surface area contributed by atoms with Crippen molar-refractivity contribution in [2.24, 2.45) is 0 Å². The van der Waals surface area contributed by atoms with Crippen LogP contribution < -0.4 is 0 Å². The van der Waals surface area contributed by atoms with Gasteiger partial charge >= 0.3 is 0 Å². The largest absolute Gasteiger partial charge is 0.377 e. The molecule has 1 fully saturated rings. The average molecular weight is 315 g/mol. The number of amides is 1. The number of nitrogens with zero attached hydrogens (tertiary/aromatic N) is 2. The number of likely N-dealkylation sites (tertiary alicyclic amines) is 1. The number of methoxy groups -OCH3 is 2. The normalized spacial score (nSPS) is 21.6. The van der Waals surface area contributed by atoms with E-state index in [0.29, 0.717) is 13.1 Å². The maximum Gasteiger partial charge on any atom is 0.270 e. The molecule has 1 aromatic rings. The number of hydrogen-bond donors (Lipinski definition) is 0. The molecule has 8 heteroatoms. The number of nitro benzene ring substituents is 1. The Labute approximate surface area is 126 Å². The van der Waals surface area contributed by atoms with Crippen LogP contribution in [-0.4, -0.2) is 55.2 Å². The fourth-order valence-electron chi connectivity index (χ4n) is 2.32. The van der Waals surface area contributed by atoms with Gasteiger partial charge in [-0.05, 0) is 6.07 Å². The molecule has 2 unspecified atom stereocenters. The number of carbonyl (C=O) groups excluding carboxylic acids is 1. The Morgan fingerprint density at radius 3 is 2.38 bits per heavy atom. The molecule has 0 N–H and O–H groups in total. The number of carbonyl (C=O) groups is 1. The second-order valence-electron chi connectivity index (χ2n) is 4.68. The van der Waals surface area contributed by atoms with Gasteiger partial charge in [0.1, 0.15) is 12.2 Å². The van der Waals surface area contributed by atoms with Gasteiger partial charge in [-0.3, -0.25) is 14.9 Å². The van der Waals surface area contributed by atoms with E-state index in [1.54, 1.807) is 14.2 Å². The number of ether oxygens (including phenoxy) is 2. The summed E-state index contributed by atoms with van der Waals surface area (Å²) in [7, 11) is 3.09. The quantitative estimate of drug-likeness (QED) is 0.624. The molecule has 0 aliphatic carbocycles. The van der Waals surface area contributed by atoms with Gasteiger partial charge in [0, 0.05) is 39.4 Å². The molecule has 114 valence electrons. The maximum atomic E-state index is 12.5. The van der Waals surface area contributed by atoms with Crippen molar-refractivity contribution in [2.45, 2.75) is 12.2 Å². The Hall–Kier alpha value is -1.70. The van der Waals surface area contributed by atoms with Gasteiger partial charge in [0.25, 0.3) is 11.6 Å². The molecule has 1 saturated heterocycles. The summed E-state index contributed by atoms with van der Waals surface area (Å²) in [5.41, 5.74) is -0.0639. The van der Waals surface area contributed by atoms with E-state index in [1.807, 2.05) is 0 Å². The Morgan fingerprint density at radius 1 is 1.33 bits per heavy atom. The number of hydrogen-bond acceptors (Lipinski definition) is 5. The van der Waals surface area contributed by atoms with E-state index in [2.05, 4.69) is 0 Å². The van der Waals surface area contributed by atoms with Crippen LogP contribution in [0.25, 0.3) is 0 Å². The van der Waals surface area contributed by atoms with Crippen LogP contribution in [0.1, 0.15) is 10.4 Å². The number of rotatable bonds is 4. The van der Waals surface area contributed by atoms with Crippen molar-refractivity contribution >= 4 is 23.2 Å². The van der Waals surface area contributed by atoms with Crippen molar-refractivity contribution in [1.82, 2.24) is 4.90 Å². The third-order valence-electron chi connectivity index (χ3n) is 3.50. The number of non-ortho nitro benzene ring substituents is 1. The lowest BCUT2D eigenvalue weighted by atomic mass is 10.2. The molecule has 0 saturated carbocycles. The van der Waals surface area contributed by atoms with E-state index in [9.17, 15) is 14.9 Å². The van der Waals surface area contributed by atoms with Crippen LogP contribution in [0.4, 0.5) is 5.69 Å². The lowest BCUT2D eigenvalue weighted by molar-refractivity contribution is -0.384. The van der Waals surface area contributed by atoms with E-state index < -0.39 is 4.92 Å². The fourth-order valence-corrected chi connectivity index (χ4v) is 2.52. The highest BCUT2D eigenvalue weighted by atomic mass is 35.5. The van der Waals surface area contributed by atoms with Gasteiger partial charge in [-0.1, -0.05) is 11.6 Å². The number of nitro groups is 1. The lowest BCUT2D eigenvalue weighted by Crippen LogP contribution is -2.30. The standard InChI is InChI=1S/C13H15ClN2O5/c1-20-11-6-15(7-12(11)21-2)13(17)9-5-8(16(18)19)3-4-10(9)14/h3-5,11-12H,6-7H2,1-2H3. The number of halogens is 1. The highest BCUT2D eigenvalue weighted by molar-refractivity contribution is 6.33. The monoisotopic (exact) mass is 314 g/mol. The van der Waals surface area contributed by atoms with E-state index in [1.165, 1.54) is 23.1 Å². The molecule has 2 rings (SSSR count).